The van der Waals surface area contributed by atoms with Crippen molar-refractivity contribution in [3.8, 4) is 0 Å². The van der Waals surface area contributed by atoms with Crippen LogP contribution in [0.25, 0.3) is 0 Å². The Morgan fingerprint density at radius 2 is 2.05 bits per heavy atom. The number of methoxy groups -OCH3 is 1. The van der Waals surface area contributed by atoms with E-state index in [2.05, 4.69) is 0 Å². The van der Waals surface area contributed by atoms with Gasteiger partial charge in [0.25, 0.3) is 0 Å². The Hall–Kier alpha value is -1.42. The molecule has 0 aromatic heterocycles. The highest BCUT2D eigenvalue weighted by molar-refractivity contribution is 5.76. The SMILES string of the molecule is COC(=O)C(C1CC1)N(C)C(C)c1ccccc1F. The van der Waals surface area contributed by atoms with Crippen molar-refractivity contribution >= 4 is 5.97 Å². The minimum absolute atomic E-state index is 0.161. The number of carbonyl (C=O) groups excluding carboxylic acids is 1. The third-order valence-electron chi connectivity index (χ3n) is 3.92. The van der Waals surface area contributed by atoms with E-state index in [0.717, 1.165) is 12.8 Å². The molecular formula is C15H20FNO2. The molecule has 0 heterocycles. The zero-order valence-electron chi connectivity index (χ0n) is 11.6. The summed E-state index contributed by atoms with van der Waals surface area (Å²) >= 11 is 0. The highest BCUT2D eigenvalue weighted by Crippen LogP contribution is 2.38. The van der Waals surface area contributed by atoms with E-state index in [1.54, 1.807) is 12.1 Å². The maximum absolute atomic E-state index is 13.8. The third kappa shape index (κ3) is 2.95. The molecule has 0 aliphatic heterocycles. The molecule has 1 fully saturated rings. The van der Waals surface area contributed by atoms with Crippen LogP contribution in [0.15, 0.2) is 24.3 Å². The van der Waals surface area contributed by atoms with E-state index in [0.29, 0.717) is 11.5 Å². The first-order valence-electron chi connectivity index (χ1n) is 6.60. The number of likely N-dealkylation sites (N-methyl/N-ethyl adjacent to an activating group) is 1. The molecule has 0 radical (unpaired) electrons. The molecule has 0 amide bonds. The molecule has 1 aliphatic rings. The van der Waals surface area contributed by atoms with Gasteiger partial charge in [0.2, 0.25) is 0 Å². The molecule has 2 rings (SSSR count). The van der Waals surface area contributed by atoms with Crippen LogP contribution in [-0.4, -0.2) is 31.1 Å². The van der Waals surface area contributed by atoms with Crippen molar-refractivity contribution in [2.75, 3.05) is 14.2 Å². The van der Waals surface area contributed by atoms with Crippen LogP contribution in [0, 0.1) is 11.7 Å². The Bertz CT molecular complexity index is 459. The predicted molar refractivity (Wildman–Crippen MR) is 71.1 cm³/mol. The maximum atomic E-state index is 13.8. The quantitative estimate of drug-likeness (QED) is 0.767. The minimum atomic E-state index is -0.278. The van der Waals surface area contributed by atoms with E-state index in [-0.39, 0.29) is 23.9 Å². The van der Waals surface area contributed by atoms with Crippen molar-refractivity contribution in [2.45, 2.75) is 31.8 Å². The molecule has 0 spiro atoms. The molecule has 19 heavy (non-hydrogen) atoms. The fourth-order valence-corrected chi connectivity index (χ4v) is 2.50. The van der Waals surface area contributed by atoms with Crippen LogP contribution in [-0.2, 0) is 9.53 Å². The zero-order valence-corrected chi connectivity index (χ0v) is 11.6. The predicted octanol–water partition coefficient (Wildman–Crippen LogP) is 2.77. The Morgan fingerprint density at radius 3 is 2.58 bits per heavy atom. The molecule has 1 aromatic rings. The number of nitrogens with zero attached hydrogens (tertiary/aromatic N) is 1. The van der Waals surface area contributed by atoms with Gasteiger partial charge in [-0.1, -0.05) is 18.2 Å². The van der Waals surface area contributed by atoms with Crippen LogP contribution in [0.1, 0.15) is 31.4 Å². The van der Waals surface area contributed by atoms with E-state index < -0.39 is 0 Å². The average Bonchev–Trinajstić information content (AvgIpc) is 3.23. The van der Waals surface area contributed by atoms with Crippen LogP contribution in [0.4, 0.5) is 4.39 Å². The molecule has 0 saturated heterocycles. The van der Waals surface area contributed by atoms with Crippen LogP contribution in [0.5, 0.6) is 0 Å². The lowest BCUT2D eigenvalue weighted by Gasteiger charge is -2.31. The summed E-state index contributed by atoms with van der Waals surface area (Å²) in [6, 6.07) is 6.25. The molecule has 2 unspecified atom stereocenters. The van der Waals surface area contributed by atoms with Crippen molar-refractivity contribution in [1.82, 2.24) is 4.90 Å². The van der Waals surface area contributed by atoms with Crippen molar-refractivity contribution < 1.29 is 13.9 Å². The Labute approximate surface area is 113 Å². The van der Waals surface area contributed by atoms with Gasteiger partial charge in [0.15, 0.2) is 0 Å². The maximum Gasteiger partial charge on any atom is 0.323 e. The van der Waals surface area contributed by atoms with E-state index in [4.69, 9.17) is 4.74 Å². The monoisotopic (exact) mass is 265 g/mol. The number of rotatable bonds is 5. The summed E-state index contributed by atoms with van der Waals surface area (Å²) in [4.78, 5) is 13.8. The van der Waals surface area contributed by atoms with Gasteiger partial charge in [0, 0.05) is 11.6 Å². The highest BCUT2D eigenvalue weighted by atomic mass is 19.1. The van der Waals surface area contributed by atoms with E-state index in [9.17, 15) is 9.18 Å². The largest absolute Gasteiger partial charge is 0.468 e. The summed E-state index contributed by atoms with van der Waals surface area (Å²) < 4.78 is 18.7. The number of benzene rings is 1. The van der Waals surface area contributed by atoms with Gasteiger partial charge in [-0.05, 0) is 38.8 Å². The fraction of sp³-hybridized carbons (Fsp3) is 0.533. The second kappa shape index (κ2) is 5.70. The summed E-state index contributed by atoms with van der Waals surface area (Å²) in [5.41, 5.74) is 0.611. The average molecular weight is 265 g/mol. The standard InChI is InChI=1S/C15H20FNO2/c1-10(12-6-4-5-7-13(12)16)17(2)14(11-8-9-11)15(18)19-3/h4-7,10-11,14H,8-9H2,1-3H3. The molecule has 1 aromatic carbocycles. The first-order valence-corrected chi connectivity index (χ1v) is 6.60. The Kier molecular flexibility index (Phi) is 4.20. The Morgan fingerprint density at radius 1 is 1.42 bits per heavy atom. The molecule has 0 N–H and O–H groups in total. The van der Waals surface area contributed by atoms with Gasteiger partial charge in [-0.25, -0.2) is 4.39 Å². The van der Waals surface area contributed by atoms with Crippen LogP contribution in [0.2, 0.25) is 0 Å². The first kappa shape index (κ1) is 14.0. The van der Waals surface area contributed by atoms with Gasteiger partial charge in [-0.15, -0.1) is 0 Å². The summed E-state index contributed by atoms with van der Waals surface area (Å²) in [6.07, 6.45) is 2.07. The molecule has 4 heteroatoms. The number of halogens is 1. The Balaban J connectivity index is 2.19. The van der Waals surface area contributed by atoms with Gasteiger partial charge in [0.1, 0.15) is 11.9 Å². The molecule has 104 valence electrons. The van der Waals surface area contributed by atoms with E-state index >= 15 is 0 Å². The molecule has 2 atom stereocenters. The van der Waals surface area contributed by atoms with E-state index in [1.165, 1.54) is 13.2 Å². The molecular weight excluding hydrogens is 245 g/mol. The normalized spacial score (nSPS) is 18.2. The minimum Gasteiger partial charge on any atom is -0.468 e. The molecule has 0 bridgehead atoms. The van der Waals surface area contributed by atoms with Gasteiger partial charge < -0.3 is 4.74 Å². The lowest BCUT2D eigenvalue weighted by Crippen LogP contribution is -2.42. The molecule has 3 nitrogen and oxygen atoms in total. The van der Waals surface area contributed by atoms with Crippen LogP contribution >= 0.6 is 0 Å². The van der Waals surface area contributed by atoms with Crippen LogP contribution in [0.3, 0.4) is 0 Å². The topological polar surface area (TPSA) is 29.5 Å². The lowest BCUT2D eigenvalue weighted by atomic mass is 10.0. The first-order chi connectivity index (χ1) is 9.06. The molecule has 1 saturated carbocycles. The van der Waals surface area contributed by atoms with Gasteiger partial charge in [-0.2, -0.15) is 0 Å². The zero-order chi connectivity index (χ0) is 14.0. The van der Waals surface area contributed by atoms with E-state index in [1.807, 2.05) is 24.9 Å². The summed E-state index contributed by atoms with van der Waals surface area (Å²) in [5.74, 6) is -0.124. The van der Waals surface area contributed by atoms with Crippen molar-refractivity contribution in [3.05, 3.63) is 35.6 Å². The third-order valence-corrected chi connectivity index (χ3v) is 3.92. The fourth-order valence-electron chi connectivity index (χ4n) is 2.50. The smallest absolute Gasteiger partial charge is 0.323 e. The van der Waals surface area contributed by atoms with Crippen molar-refractivity contribution in [1.29, 1.82) is 0 Å². The van der Waals surface area contributed by atoms with Gasteiger partial charge in [-0.3, -0.25) is 9.69 Å². The highest BCUT2D eigenvalue weighted by Gasteiger charge is 2.41. The summed E-state index contributed by atoms with van der Waals surface area (Å²) in [6.45, 7) is 1.91. The second-order valence-corrected chi connectivity index (χ2v) is 5.17. The van der Waals surface area contributed by atoms with Gasteiger partial charge in [0.05, 0.1) is 7.11 Å². The summed E-state index contributed by atoms with van der Waals surface area (Å²) in [7, 11) is 3.26. The summed E-state index contributed by atoms with van der Waals surface area (Å²) in [5, 5.41) is 0. The number of esters is 1. The number of carbonyl (C=O) groups is 1. The number of hydrogen-bond donors (Lipinski definition) is 0. The number of hydrogen-bond acceptors (Lipinski definition) is 3. The van der Waals surface area contributed by atoms with Gasteiger partial charge >= 0.3 is 5.97 Å². The lowest BCUT2D eigenvalue weighted by molar-refractivity contribution is -0.148. The van der Waals surface area contributed by atoms with Crippen LogP contribution < -0.4 is 0 Å². The second-order valence-electron chi connectivity index (χ2n) is 5.17. The van der Waals surface area contributed by atoms with Crippen molar-refractivity contribution in [3.63, 3.8) is 0 Å². The van der Waals surface area contributed by atoms with Crippen molar-refractivity contribution in [2.24, 2.45) is 5.92 Å². The molecule has 1 aliphatic carbocycles. The number of ether oxygens (including phenoxy) is 1.